The van der Waals surface area contributed by atoms with Crippen molar-refractivity contribution in [3.63, 3.8) is 0 Å². The van der Waals surface area contributed by atoms with Gasteiger partial charge in [0.2, 0.25) is 5.13 Å². The first-order valence-corrected chi connectivity index (χ1v) is 11.3. The number of aryl methyl sites for hydroxylation is 1. The Hall–Kier alpha value is -3.24. The lowest BCUT2D eigenvalue weighted by Crippen LogP contribution is -2.29. The van der Waals surface area contributed by atoms with Gasteiger partial charge in [-0.25, -0.2) is 0 Å². The Bertz CT molecular complexity index is 1290. The summed E-state index contributed by atoms with van der Waals surface area (Å²) in [6, 6.07) is 11.3. The number of aliphatic hydroxyl groups is 1. The lowest BCUT2D eigenvalue weighted by molar-refractivity contribution is -0.132. The molecule has 0 bridgehead atoms. The van der Waals surface area contributed by atoms with Gasteiger partial charge in [-0.2, -0.15) is 0 Å². The Kier molecular flexibility index (Phi) is 5.18. The van der Waals surface area contributed by atoms with Crippen LogP contribution in [0.4, 0.5) is 5.13 Å². The van der Waals surface area contributed by atoms with Crippen LogP contribution in [0.1, 0.15) is 22.2 Å². The molecule has 1 amide bonds. The molecule has 162 valence electrons. The summed E-state index contributed by atoms with van der Waals surface area (Å²) in [5.41, 5.74) is 0.962. The van der Waals surface area contributed by atoms with Gasteiger partial charge in [-0.15, -0.1) is 10.2 Å². The summed E-state index contributed by atoms with van der Waals surface area (Å²) >= 11 is 4.64. The van der Waals surface area contributed by atoms with Crippen LogP contribution in [0.3, 0.4) is 0 Å². The SMILES string of the molecule is Cc1nnc(N2C(=O)C(=O)C(=C(O)c3ccc4c(c3)OCCO4)C2c2cccc(Br)c2)s1. The van der Waals surface area contributed by atoms with Crippen LogP contribution >= 0.6 is 27.3 Å². The van der Waals surface area contributed by atoms with Gasteiger partial charge >= 0.3 is 5.91 Å². The number of amides is 1. The van der Waals surface area contributed by atoms with Crippen molar-refractivity contribution in [3.8, 4) is 11.5 Å². The van der Waals surface area contributed by atoms with Crippen molar-refractivity contribution >= 4 is 49.8 Å². The van der Waals surface area contributed by atoms with E-state index in [9.17, 15) is 14.7 Å². The molecule has 8 nitrogen and oxygen atoms in total. The first-order valence-electron chi connectivity index (χ1n) is 9.70. The summed E-state index contributed by atoms with van der Waals surface area (Å²) in [5, 5.41) is 20.2. The molecule has 1 unspecified atom stereocenters. The van der Waals surface area contributed by atoms with Crippen molar-refractivity contribution in [2.24, 2.45) is 0 Å². The molecule has 1 fully saturated rings. The minimum absolute atomic E-state index is 0.0300. The maximum atomic E-state index is 13.1. The van der Waals surface area contributed by atoms with E-state index in [2.05, 4.69) is 26.1 Å². The van der Waals surface area contributed by atoms with Crippen LogP contribution < -0.4 is 14.4 Å². The lowest BCUT2D eigenvalue weighted by Gasteiger charge is -2.23. The number of anilines is 1. The molecule has 10 heteroatoms. The summed E-state index contributed by atoms with van der Waals surface area (Å²) in [6.07, 6.45) is 0. The van der Waals surface area contributed by atoms with Crippen molar-refractivity contribution in [2.75, 3.05) is 18.1 Å². The predicted octanol–water partition coefficient (Wildman–Crippen LogP) is 4.01. The van der Waals surface area contributed by atoms with E-state index in [-0.39, 0.29) is 16.5 Å². The van der Waals surface area contributed by atoms with Gasteiger partial charge < -0.3 is 14.6 Å². The molecule has 1 N–H and O–H groups in total. The molecule has 2 aliphatic heterocycles. The summed E-state index contributed by atoms with van der Waals surface area (Å²) in [4.78, 5) is 27.5. The van der Waals surface area contributed by atoms with Gasteiger partial charge in [0, 0.05) is 10.0 Å². The van der Waals surface area contributed by atoms with E-state index in [1.165, 1.54) is 16.2 Å². The number of hydrogen-bond acceptors (Lipinski definition) is 8. The highest BCUT2D eigenvalue weighted by atomic mass is 79.9. The topological polar surface area (TPSA) is 102 Å². The van der Waals surface area contributed by atoms with Crippen molar-refractivity contribution < 1.29 is 24.2 Å². The van der Waals surface area contributed by atoms with Crippen LogP contribution in [0.5, 0.6) is 11.5 Å². The second-order valence-corrected chi connectivity index (χ2v) is 9.26. The number of carbonyl (C=O) groups excluding carboxylic acids is 2. The van der Waals surface area contributed by atoms with E-state index < -0.39 is 17.7 Å². The Morgan fingerprint density at radius 1 is 1.12 bits per heavy atom. The molecular formula is C22H16BrN3O5S. The molecule has 3 heterocycles. The third kappa shape index (κ3) is 3.45. The number of hydrogen-bond donors (Lipinski definition) is 1. The lowest BCUT2D eigenvalue weighted by atomic mass is 9.95. The first-order chi connectivity index (χ1) is 15.4. The number of fused-ring (bicyclic) bond motifs is 1. The highest BCUT2D eigenvalue weighted by molar-refractivity contribution is 9.10. The highest BCUT2D eigenvalue weighted by Gasteiger charge is 2.48. The van der Waals surface area contributed by atoms with Crippen LogP contribution in [0.25, 0.3) is 5.76 Å². The standard InChI is InChI=1S/C22H16BrN3O5S/c1-11-24-25-22(32-11)26-18(12-3-2-4-14(23)9-12)17(20(28)21(26)29)19(27)13-5-6-15-16(10-13)31-8-7-30-15/h2-6,9-10,18,27H,7-8H2,1H3. The van der Waals surface area contributed by atoms with E-state index in [1.54, 1.807) is 43.3 Å². The third-order valence-corrected chi connectivity index (χ3v) is 6.48. The molecule has 2 aliphatic rings. The molecular weight excluding hydrogens is 498 g/mol. The van der Waals surface area contributed by atoms with Crippen LogP contribution in [0.15, 0.2) is 52.5 Å². The quantitative estimate of drug-likeness (QED) is 0.320. The number of aliphatic hydroxyl groups excluding tert-OH is 1. The number of rotatable bonds is 3. The monoisotopic (exact) mass is 513 g/mol. The molecule has 0 aliphatic carbocycles. The van der Waals surface area contributed by atoms with Gasteiger partial charge in [-0.05, 0) is 42.8 Å². The zero-order valence-corrected chi connectivity index (χ0v) is 19.1. The zero-order valence-electron chi connectivity index (χ0n) is 16.7. The first kappa shape index (κ1) is 20.7. The fourth-order valence-corrected chi connectivity index (χ4v) is 4.88. The second kappa shape index (κ2) is 8.03. The average molecular weight is 514 g/mol. The van der Waals surface area contributed by atoms with E-state index in [0.29, 0.717) is 40.8 Å². The van der Waals surface area contributed by atoms with E-state index in [1.807, 2.05) is 6.07 Å². The van der Waals surface area contributed by atoms with Crippen molar-refractivity contribution in [1.29, 1.82) is 0 Å². The zero-order chi connectivity index (χ0) is 22.4. The Morgan fingerprint density at radius 2 is 1.91 bits per heavy atom. The molecule has 0 radical (unpaired) electrons. The number of ketones is 1. The molecule has 1 aromatic heterocycles. The molecule has 0 spiro atoms. The molecule has 2 aromatic carbocycles. The van der Waals surface area contributed by atoms with Crippen LogP contribution in [-0.2, 0) is 9.59 Å². The van der Waals surface area contributed by atoms with E-state index in [0.717, 1.165) is 4.47 Å². The van der Waals surface area contributed by atoms with Crippen LogP contribution in [0.2, 0.25) is 0 Å². The van der Waals surface area contributed by atoms with E-state index >= 15 is 0 Å². The summed E-state index contributed by atoms with van der Waals surface area (Å²) < 4.78 is 11.9. The van der Waals surface area contributed by atoms with Gasteiger partial charge in [0.15, 0.2) is 11.5 Å². The third-order valence-electron chi connectivity index (χ3n) is 5.15. The number of Topliss-reactive ketones (excluding diaryl/α,β-unsaturated/α-hetero) is 1. The largest absolute Gasteiger partial charge is 0.507 e. The summed E-state index contributed by atoms with van der Waals surface area (Å²) in [7, 11) is 0. The molecule has 0 saturated carbocycles. The van der Waals surface area contributed by atoms with Crippen molar-refractivity contribution in [2.45, 2.75) is 13.0 Å². The highest BCUT2D eigenvalue weighted by Crippen LogP contribution is 2.44. The average Bonchev–Trinajstić information content (AvgIpc) is 3.33. The number of benzene rings is 2. The number of halogens is 1. The maximum Gasteiger partial charge on any atom is 0.301 e. The predicted molar refractivity (Wildman–Crippen MR) is 121 cm³/mol. The van der Waals surface area contributed by atoms with Gasteiger partial charge in [-0.1, -0.05) is 39.4 Å². The smallest absolute Gasteiger partial charge is 0.301 e. The minimum atomic E-state index is -0.868. The number of aromatic nitrogens is 2. The van der Waals surface area contributed by atoms with Gasteiger partial charge in [-0.3, -0.25) is 14.5 Å². The number of ether oxygens (including phenoxy) is 2. The normalized spacial score (nSPS) is 19.4. The summed E-state index contributed by atoms with van der Waals surface area (Å²) in [5.74, 6) is -0.844. The van der Waals surface area contributed by atoms with Gasteiger partial charge in [0.25, 0.3) is 5.78 Å². The fraction of sp³-hybridized carbons (Fsp3) is 0.182. The molecule has 1 atom stereocenters. The summed E-state index contributed by atoms with van der Waals surface area (Å²) in [6.45, 7) is 2.59. The minimum Gasteiger partial charge on any atom is -0.507 e. The molecule has 3 aromatic rings. The Balaban J connectivity index is 1.70. The molecule has 32 heavy (non-hydrogen) atoms. The van der Waals surface area contributed by atoms with Gasteiger partial charge in [0.05, 0.1) is 11.6 Å². The van der Waals surface area contributed by atoms with Crippen molar-refractivity contribution in [1.82, 2.24) is 10.2 Å². The van der Waals surface area contributed by atoms with Gasteiger partial charge in [0.1, 0.15) is 24.0 Å². The second-order valence-electron chi connectivity index (χ2n) is 7.19. The number of carbonyl (C=O) groups is 2. The van der Waals surface area contributed by atoms with E-state index in [4.69, 9.17) is 9.47 Å². The van der Waals surface area contributed by atoms with Crippen LogP contribution in [-0.4, -0.2) is 40.2 Å². The fourth-order valence-electron chi connectivity index (χ4n) is 3.75. The van der Waals surface area contributed by atoms with Crippen molar-refractivity contribution in [3.05, 3.63) is 68.6 Å². The Labute approximate surface area is 195 Å². The molecule has 1 saturated heterocycles. The Morgan fingerprint density at radius 3 is 2.62 bits per heavy atom. The number of nitrogens with zero attached hydrogens (tertiary/aromatic N) is 3. The maximum absolute atomic E-state index is 13.1. The van der Waals surface area contributed by atoms with Crippen LogP contribution in [0, 0.1) is 6.92 Å². The molecule has 5 rings (SSSR count).